The molecule has 0 N–H and O–H groups in total. The molecule has 53 heavy (non-hydrogen) atoms. The van der Waals surface area contributed by atoms with Crippen molar-refractivity contribution in [1.29, 1.82) is 0 Å². The SMILES string of the molecule is c1ccc(-c2cccc(-c3nc(-c4ccccc4)nc(-c4ccc5cc(-c6cccc(-c7ccc8sc9ccccc9c8c7)c6)ccc5c4)n3)c2)cc1. The lowest BCUT2D eigenvalue weighted by atomic mass is 9.96. The van der Waals surface area contributed by atoms with Crippen LogP contribution in [0.1, 0.15) is 0 Å². The minimum Gasteiger partial charge on any atom is -0.208 e. The fourth-order valence-corrected chi connectivity index (χ4v) is 8.25. The van der Waals surface area contributed by atoms with Crippen molar-refractivity contribution in [3.8, 4) is 67.5 Å². The zero-order valence-electron chi connectivity index (χ0n) is 28.6. The molecule has 3 nitrogen and oxygen atoms in total. The van der Waals surface area contributed by atoms with Gasteiger partial charge in [-0.3, -0.25) is 0 Å². The first kappa shape index (κ1) is 31.0. The van der Waals surface area contributed by atoms with Crippen LogP contribution in [0.5, 0.6) is 0 Å². The van der Waals surface area contributed by atoms with Crippen molar-refractivity contribution in [2.24, 2.45) is 0 Å². The maximum Gasteiger partial charge on any atom is 0.164 e. The largest absolute Gasteiger partial charge is 0.208 e. The Labute approximate surface area is 311 Å². The summed E-state index contributed by atoms with van der Waals surface area (Å²) >= 11 is 1.85. The van der Waals surface area contributed by atoms with Gasteiger partial charge in [-0.15, -0.1) is 11.3 Å². The molecule has 2 aromatic heterocycles. The Morgan fingerprint density at radius 3 is 1.42 bits per heavy atom. The summed E-state index contributed by atoms with van der Waals surface area (Å²) < 4.78 is 2.65. The van der Waals surface area contributed by atoms with E-state index < -0.39 is 0 Å². The van der Waals surface area contributed by atoms with E-state index in [0.717, 1.165) is 38.6 Å². The highest BCUT2D eigenvalue weighted by atomic mass is 32.1. The number of rotatable bonds is 6. The van der Waals surface area contributed by atoms with E-state index in [9.17, 15) is 0 Å². The number of hydrogen-bond donors (Lipinski definition) is 0. The molecule has 0 bridgehead atoms. The van der Waals surface area contributed by atoms with Gasteiger partial charge in [0.05, 0.1) is 0 Å². The number of fused-ring (bicyclic) bond motifs is 4. The van der Waals surface area contributed by atoms with Crippen LogP contribution in [0.15, 0.2) is 188 Å². The minimum absolute atomic E-state index is 0.646. The molecule has 0 unspecified atom stereocenters. The van der Waals surface area contributed by atoms with Crippen LogP contribution in [0.4, 0.5) is 0 Å². The molecule has 0 saturated carbocycles. The van der Waals surface area contributed by atoms with Crippen LogP contribution in [-0.2, 0) is 0 Å². The highest BCUT2D eigenvalue weighted by Gasteiger charge is 2.14. The molecule has 0 amide bonds. The van der Waals surface area contributed by atoms with Crippen molar-refractivity contribution in [3.63, 3.8) is 0 Å². The number of aromatic nitrogens is 3. The number of thiophene rings is 1. The number of nitrogens with zero attached hydrogens (tertiary/aromatic N) is 3. The summed E-state index contributed by atoms with van der Waals surface area (Å²) in [6.45, 7) is 0. The molecule has 8 aromatic carbocycles. The maximum atomic E-state index is 5.06. The van der Waals surface area contributed by atoms with Gasteiger partial charge < -0.3 is 0 Å². The average molecular weight is 694 g/mol. The second-order valence-corrected chi connectivity index (χ2v) is 14.4. The Bertz CT molecular complexity index is 2950. The van der Waals surface area contributed by atoms with Crippen molar-refractivity contribution >= 4 is 42.3 Å². The molecule has 0 saturated heterocycles. The van der Waals surface area contributed by atoms with E-state index >= 15 is 0 Å². The van der Waals surface area contributed by atoms with Gasteiger partial charge in [0.2, 0.25) is 0 Å². The first-order valence-corrected chi connectivity index (χ1v) is 18.6. The summed E-state index contributed by atoms with van der Waals surface area (Å²) in [6, 6.07) is 66.5. The van der Waals surface area contributed by atoms with Crippen molar-refractivity contribution in [2.45, 2.75) is 0 Å². The third kappa shape index (κ3) is 5.95. The Kier molecular flexibility index (Phi) is 7.67. The van der Waals surface area contributed by atoms with Crippen LogP contribution >= 0.6 is 11.3 Å². The van der Waals surface area contributed by atoms with Gasteiger partial charge in [0.1, 0.15) is 0 Å². The monoisotopic (exact) mass is 693 g/mol. The van der Waals surface area contributed by atoms with E-state index in [2.05, 4.69) is 152 Å². The third-order valence-electron chi connectivity index (χ3n) is 9.90. The van der Waals surface area contributed by atoms with Gasteiger partial charge in [0.25, 0.3) is 0 Å². The fraction of sp³-hybridized carbons (Fsp3) is 0. The predicted molar refractivity (Wildman–Crippen MR) is 223 cm³/mol. The van der Waals surface area contributed by atoms with Gasteiger partial charge in [-0.2, -0.15) is 0 Å². The summed E-state index contributed by atoms with van der Waals surface area (Å²) in [5, 5.41) is 4.93. The summed E-state index contributed by atoms with van der Waals surface area (Å²) in [5.41, 5.74) is 9.94. The second kappa shape index (κ2) is 13.1. The van der Waals surface area contributed by atoms with Gasteiger partial charge >= 0.3 is 0 Å². The quantitative estimate of drug-likeness (QED) is 0.174. The van der Waals surface area contributed by atoms with E-state index in [0.29, 0.717) is 17.5 Å². The van der Waals surface area contributed by atoms with Crippen LogP contribution in [0, 0.1) is 0 Å². The Balaban J connectivity index is 1.01. The zero-order chi connectivity index (χ0) is 35.1. The predicted octanol–water partition coefficient (Wildman–Crippen LogP) is 13.4. The molecule has 0 aliphatic heterocycles. The zero-order valence-corrected chi connectivity index (χ0v) is 29.5. The summed E-state index contributed by atoms with van der Waals surface area (Å²) in [7, 11) is 0. The Morgan fingerprint density at radius 1 is 0.264 bits per heavy atom. The van der Waals surface area contributed by atoms with Gasteiger partial charge in [-0.1, -0.05) is 146 Å². The normalized spacial score (nSPS) is 11.4. The van der Waals surface area contributed by atoms with Crippen LogP contribution in [0.3, 0.4) is 0 Å². The topological polar surface area (TPSA) is 38.7 Å². The molecule has 0 fully saturated rings. The Hall–Kier alpha value is -6.75. The highest BCUT2D eigenvalue weighted by Crippen LogP contribution is 2.37. The molecule has 0 radical (unpaired) electrons. The standard InChI is InChI=1S/C49H31N3S/c1-3-11-32(12-4-1)34-15-10-18-41(29-34)48-50-47(33-13-5-2-6-14-33)51-49(52-48)42-24-23-38-28-37(21-22-39(38)30-42)35-16-9-17-36(27-35)40-25-26-46-44(31-40)43-19-7-8-20-45(43)53-46/h1-31H. The molecular formula is C49H31N3S. The number of hydrogen-bond acceptors (Lipinski definition) is 4. The van der Waals surface area contributed by atoms with Crippen molar-refractivity contribution in [1.82, 2.24) is 15.0 Å². The summed E-state index contributed by atoms with van der Waals surface area (Å²) in [4.78, 5) is 15.0. The lowest BCUT2D eigenvalue weighted by molar-refractivity contribution is 1.07. The van der Waals surface area contributed by atoms with E-state index in [1.54, 1.807) is 0 Å². The molecule has 0 aliphatic rings. The molecule has 4 heteroatoms. The molecule has 0 atom stereocenters. The van der Waals surface area contributed by atoms with E-state index in [1.165, 1.54) is 42.4 Å². The van der Waals surface area contributed by atoms with Crippen molar-refractivity contribution in [2.75, 3.05) is 0 Å². The molecule has 2 heterocycles. The first-order chi connectivity index (χ1) is 26.2. The first-order valence-electron chi connectivity index (χ1n) is 17.8. The van der Waals surface area contributed by atoms with E-state index in [4.69, 9.17) is 15.0 Å². The van der Waals surface area contributed by atoms with Gasteiger partial charge in [0, 0.05) is 36.9 Å². The lowest BCUT2D eigenvalue weighted by Gasteiger charge is -2.11. The van der Waals surface area contributed by atoms with E-state index in [-0.39, 0.29) is 0 Å². The molecule has 10 aromatic rings. The Morgan fingerprint density at radius 2 is 0.698 bits per heavy atom. The highest BCUT2D eigenvalue weighted by molar-refractivity contribution is 7.25. The summed E-state index contributed by atoms with van der Waals surface area (Å²) in [6.07, 6.45) is 0. The molecule has 10 rings (SSSR count). The maximum absolute atomic E-state index is 5.06. The van der Waals surface area contributed by atoms with Crippen LogP contribution in [0.25, 0.3) is 98.5 Å². The third-order valence-corrected chi connectivity index (χ3v) is 11.1. The number of benzene rings is 8. The lowest BCUT2D eigenvalue weighted by Crippen LogP contribution is -2.00. The molecular weight excluding hydrogens is 663 g/mol. The van der Waals surface area contributed by atoms with E-state index in [1.807, 2.05) is 47.7 Å². The van der Waals surface area contributed by atoms with Crippen molar-refractivity contribution < 1.29 is 0 Å². The van der Waals surface area contributed by atoms with Gasteiger partial charge in [-0.05, 0) is 86.6 Å². The van der Waals surface area contributed by atoms with Gasteiger partial charge in [-0.25, -0.2) is 15.0 Å². The molecule has 0 spiro atoms. The van der Waals surface area contributed by atoms with Crippen LogP contribution < -0.4 is 0 Å². The van der Waals surface area contributed by atoms with Gasteiger partial charge in [0.15, 0.2) is 17.5 Å². The fourth-order valence-electron chi connectivity index (χ4n) is 7.17. The van der Waals surface area contributed by atoms with Crippen LogP contribution in [-0.4, -0.2) is 15.0 Å². The molecule has 248 valence electrons. The van der Waals surface area contributed by atoms with Crippen molar-refractivity contribution in [3.05, 3.63) is 188 Å². The minimum atomic E-state index is 0.646. The molecule has 0 aliphatic carbocycles. The smallest absolute Gasteiger partial charge is 0.164 e. The second-order valence-electron chi connectivity index (χ2n) is 13.3. The van der Waals surface area contributed by atoms with Crippen LogP contribution in [0.2, 0.25) is 0 Å². The summed E-state index contributed by atoms with van der Waals surface area (Å²) in [5.74, 6) is 1.94. The average Bonchev–Trinajstić information content (AvgIpc) is 3.62.